The van der Waals surface area contributed by atoms with Crippen LogP contribution in [0.2, 0.25) is 0 Å². The van der Waals surface area contributed by atoms with Gasteiger partial charge in [0.1, 0.15) is 5.01 Å². The van der Waals surface area contributed by atoms with Gasteiger partial charge in [0.25, 0.3) is 5.91 Å². The van der Waals surface area contributed by atoms with Crippen molar-refractivity contribution in [3.05, 3.63) is 78.4 Å². The molecule has 2 N–H and O–H groups in total. The number of amides is 1. The lowest BCUT2D eigenvalue weighted by Gasteiger charge is -2.02. The van der Waals surface area contributed by atoms with Crippen molar-refractivity contribution < 1.29 is 4.79 Å². The third-order valence-corrected chi connectivity index (χ3v) is 4.99. The molecule has 4 aromatic rings. The van der Waals surface area contributed by atoms with Crippen LogP contribution in [0.5, 0.6) is 0 Å². The van der Waals surface area contributed by atoms with Gasteiger partial charge in [-0.25, -0.2) is 4.98 Å². The Hall–Kier alpha value is -2.98. The first-order valence-electron chi connectivity index (χ1n) is 7.57. The Bertz CT molecular complexity index is 1020. The van der Waals surface area contributed by atoms with E-state index < -0.39 is 5.91 Å². The molecule has 3 aromatic carbocycles. The van der Waals surface area contributed by atoms with Gasteiger partial charge in [0.2, 0.25) is 0 Å². The van der Waals surface area contributed by atoms with E-state index in [1.165, 1.54) is 11.1 Å². The van der Waals surface area contributed by atoms with Crippen LogP contribution in [0, 0.1) is 0 Å². The van der Waals surface area contributed by atoms with Crippen LogP contribution < -0.4 is 5.73 Å². The first-order chi connectivity index (χ1) is 11.7. The molecule has 0 saturated heterocycles. The maximum absolute atomic E-state index is 11.5. The lowest BCUT2D eigenvalue weighted by Crippen LogP contribution is -2.11. The number of nitrogens with two attached hydrogens (primary N) is 1. The standard InChI is InChI=1S/C20H14N2OS/c21-19(23)16-7-4-8-17-18(16)22-20(24-17)15-11-9-14(10-12-15)13-5-2-1-3-6-13/h1-12H,(H2,21,23). The molecule has 3 nitrogen and oxygen atoms in total. The van der Waals surface area contributed by atoms with E-state index in [4.69, 9.17) is 5.73 Å². The molecule has 4 rings (SSSR count). The number of fused-ring (bicyclic) bond motifs is 1. The van der Waals surface area contributed by atoms with Gasteiger partial charge in [0.05, 0.1) is 15.8 Å². The summed E-state index contributed by atoms with van der Waals surface area (Å²) in [6.45, 7) is 0. The number of carbonyl (C=O) groups is 1. The lowest BCUT2D eigenvalue weighted by atomic mass is 10.0. The van der Waals surface area contributed by atoms with Gasteiger partial charge in [-0.2, -0.15) is 0 Å². The van der Waals surface area contributed by atoms with Gasteiger partial charge in [-0.15, -0.1) is 11.3 Å². The molecule has 0 bridgehead atoms. The fourth-order valence-corrected chi connectivity index (χ4v) is 3.70. The molecule has 0 aliphatic rings. The van der Waals surface area contributed by atoms with Crippen LogP contribution in [0.25, 0.3) is 31.9 Å². The van der Waals surface area contributed by atoms with E-state index in [2.05, 4.69) is 41.4 Å². The molecular formula is C20H14N2OS. The maximum atomic E-state index is 11.5. The van der Waals surface area contributed by atoms with E-state index in [1.54, 1.807) is 17.4 Å². The number of aromatic nitrogens is 1. The SMILES string of the molecule is NC(=O)c1cccc2sc(-c3ccc(-c4ccccc4)cc3)nc12. The summed E-state index contributed by atoms with van der Waals surface area (Å²) in [7, 11) is 0. The third kappa shape index (κ3) is 2.57. The smallest absolute Gasteiger partial charge is 0.250 e. The number of benzene rings is 3. The van der Waals surface area contributed by atoms with Crippen molar-refractivity contribution in [3.8, 4) is 21.7 Å². The predicted octanol–water partition coefficient (Wildman–Crippen LogP) is 4.73. The Morgan fingerprint density at radius 3 is 2.17 bits per heavy atom. The normalized spacial score (nSPS) is 10.8. The minimum atomic E-state index is -0.447. The van der Waals surface area contributed by atoms with Crippen molar-refractivity contribution in [2.45, 2.75) is 0 Å². The maximum Gasteiger partial charge on any atom is 0.250 e. The number of para-hydroxylation sites is 1. The first-order valence-corrected chi connectivity index (χ1v) is 8.39. The summed E-state index contributed by atoms with van der Waals surface area (Å²) in [5, 5.41) is 0.887. The molecule has 116 valence electrons. The molecule has 4 heteroatoms. The summed E-state index contributed by atoms with van der Waals surface area (Å²) in [5.41, 5.74) is 9.97. The molecule has 24 heavy (non-hydrogen) atoms. The van der Waals surface area contributed by atoms with Gasteiger partial charge >= 0.3 is 0 Å². The number of nitrogens with zero attached hydrogens (tertiary/aromatic N) is 1. The molecule has 0 unspecified atom stereocenters. The molecule has 0 spiro atoms. The Kier molecular flexibility index (Phi) is 3.59. The van der Waals surface area contributed by atoms with Crippen molar-refractivity contribution in [2.24, 2.45) is 5.73 Å². The third-order valence-electron chi connectivity index (χ3n) is 3.92. The molecule has 0 radical (unpaired) electrons. The molecule has 1 amide bonds. The average Bonchev–Trinajstić information content (AvgIpc) is 3.06. The summed E-state index contributed by atoms with van der Waals surface area (Å²) in [4.78, 5) is 16.2. The van der Waals surface area contributed by atoms with E-state index in [9.17, 15) is 4.79 Å². The number of hydrogen-bond donors (Lipinski definition) is 1. The van der Waals surface area contributed by atoms with Crippen LogP contribution in [-0.4, -0.2) is 10.9 Å². The van der Waals surface area contributed by atoms with Crippen molar-refractivity contribution in [3.63, 3.8) is 0 Å². The van der Waals surface area contributed by atoms with Crippen LogP contribution in [0.4, 0.5) is 0 Å². The number of hydrogen-bond acceptors (Lipinski definition) is 3. The largest absolute Gasteiger partial charge is 0.366 e. The summed E-state index contributed by atoms with van der Waals surface area (Å²) in [6.07, 6.45) is 0. The van der Waals surface area contributed by atoms with Gasteiger partial charge in [-0.05, 0) is 23.3 Å². The van der Waals surface area contributed by atoms with Gasteiger partial charge in [0.15, 0.2) is 0 Å². The van der Waals surface area contributed by atoms with E-state index in [0.29, 0.717) is 11.1 Å². The van der Waals surface area contributed by atoms with Gasteiger partial charge < -0.3 is 5.73 Å². The fraction of sp³-hybridized carbons (Fsp3) is 0. The van der Waals surface area contributed by atoms with Crippen LogP contribution in [0.1, 0.15) is 10.4 Å². The van der Waals surface area contributed by atoms with E-state index in [-0.39, 0.29) is 0 Å². The molecule has 0 aliphatic carbocycles. The quantitative estimate of drug-likeness (QED) is 0.590. The summed E-state index contributed by atoms with van der Waals surface area (Å²) < 4.78 is 0.966. The minimum Gasteiger partial charge on any atom is -0.366 e. The zero-order chi connectivity index (χ0) is 16.5. The highest BCUT2D eigenvalue weighted by Crippen LogP contribution is 2.32. The molecule has 0 atom stereocenters. The molecule has 0 saturated carbocycles. The van der Waals surface area contributed by atoms with Crippen molar-refractivity contribution in [1.82, 2.24) is 4.98 Å². The first kappa shape index (κ1) is 14.6. The average molecular weight is 330 g/mol. The number of primary amides is 1. The second-order valence-corrected chi connectivity index (χ2v) is 6.51. The van der Waals surface area contributed by atoms with Crippen LogP contribution >= 0.6 is 11.3 Å². The number of rotatable bonds is 3. The van der Waals surface area contributed by atoms with Gasteiger partial charge in [0, 0.05) is 5.56 Å². The highest BCUT2D eigenvalue weighted by molar-refractivity contribution is 7.21. The minimum absolute atomic E-state index is 0.447. The number of carbonyl (C=O) groups excluding carboxylic acids is 1. The predicted molar refractivity (Wildman–Crippen MR) is 99.0 cm³/mol. The molecule has 0 aliphatic heterocycles. The second kappa shape index (κ2) is 5.91. The van der Waals surface area contributed by atoms with Gasteiger partial charge in [-0.1, -0.05) is 60.7 Å². The monoisotopic (exact) mass is 330 g/mol. The Morgan fingerprint density at radius 1 is 0.792 bits per heavy atom. The highest BCUT2D eigenvalue weighted by atomic mass is 32.1. The van der Waals surface area contributed by atoms with Crippen molar-refractivity contribution in [1.29, 1.82) is 0 Å². The Labute approximate surface area is 143 Å². The molecule has 1 heterocycles. The zero-order valence-electron chi connectivity index (χ0n) is 12.8. The van der Waals surface area contributed by atoms with Crippen LogP contribution in [-0.2, 0) is 0 Å². The summed E-state index contributed by atoms with van der Waals surface area (Å²) in [6, 6.07) is 24.1. The zero-order valence-corrected chi connectivity index (χ0v) is 13.6. The molecule has 1 aromatic heterocycles. The summed E-state index contributed by atoms with van der Waals surface area (Å²) in [5.74, 6) is -0.447. The molecule has 0 fully saturated rings. The van der Waals surface area contributed by atoms with E-state index in [0.717, 1.165) is 15.3 Å². The topological polar surface area (TPSA) is 56.0 Å². The van der Waals surface area contributed by atoms with Crippen LogP contribution in [0.15, 0.2) is 72.8 Å². The Morgan fingerprint density at radius 2 is 1.46 bits per heavy atom. The lowest BCUT2D eigenvalue weighted by molar-refractivity contribution is 0.100. The molecular weight excluding hydrogens is 316 g/mol. The van der Waals surface area contributed by atoms with Crippen LogP contribution in [0.3, 0.4) is 0 Å². The van der Waals surface area contributed by atoms with E-state index >= 15 is 0 Å². The van der Waals surface area contributed by atoms with Crippen molar-refractivity contribution in [2.75, 3.05) is 0 Å². The summed E-state index contributed by atoms with van der Waals surface area (Å²) >= 11 is 1.56. The fourth-order valence-electron chi connectivity index (χ4n) is 2.71. The highest BCUT2D eigenvalue weighted by Gasteiger charge is 2.12. The Balaban J connectivity index is 1.75. The number of thiazole rings is 1. The van der Waals surface area contributed by atoms with E-state index in [1.807, 2.05) is 30.3 Å². The van der Waals surface area contributed by atoms with Gasteiger partial charge in [-0.3, -0.25) is 4.79 Å². The van der Waals surface area contributed by atoms with Crippen molar-refractivity contribution >= 4 is 27.5 Å². The second-order valence-electron chi connectivity index (χ2n) is 5.48.